The number of furan rings is 1. The van der Waals surface area contributed by atoms with Crippen molar-refractivity contribution < 1.29 is 18.9 Å². The number of hydrogen-bond donors (Lipinski definition) is 1. The molecule has 2 N–H and O–H groups in total. The number of amidine groups is 1. The fourth-order valence-corrected chi connectivity index (χ4v) is 4.74. The van der Waals surface area contributed by atoms with Gasteiger partial charge in [0, 0.05) is 11.1 Å². The average Bonchev–Trinajstić information content (AvgIpc) is 3.37. The van der Waals surface area contributed by atoms with Gasteiger partial charge in [-0.25, -0.2) is 9.79 Å². The summed E-state index contributed by atoms with van der Waals surface area (Å²) in [6.45, 7) is 5.10. The number of rotatable bonds is 5. The number of nitriles is 1. The fourth-order valence-electron chi connectivity index (χ4n) is 3.66. The van der Waals surface area contributed by atoms with Gasteiger partial charge in [-0.05, 0) is 56.8 Å². The highest BCUT2D eigenvalue weighted by atomic mass is 35.5. The summed E-state index contributed by atoms with van der Waals surface area (Å²) in [5.74, 6) is -0.0241. The van der Waals surface area contributed by atoms with Crippen molar-refractivity contribution in [3.05, 3.63) is 73.2 Å². The highest BCUT2D eigenvalue weighted by molar-refractivity contribution is 8.17. The van der Waals surface area contributed by atoms with Crippen LogP contribution in [0.1, 0.15) is 32.6 Å². The lowest BCUT2D eigenvalue weighted by Gasteiger charge is -2.33. The van der Waals surface area contributed by atoms with Crippen molar-refractivity contribution in [2.24, 2.45) is 10.7 Å². The normalized spacial score (nSPS) is 17.6. The Morgan fingerprint density at radius 1 is 1.41 bits per heavy atom. The van der Waals surface area contributed by atoms with Gasteiger partial charge in [-0.15, -0.1) is 0 Å². The van der Waals surface area contributed by atoms with Crippen LogP contribution in [0.5, 0.6) is 0 Å². The predicted molar refractivity (Wildman–Crippen MR) is 126 cm³/mol. The van der Waals surface area contributed by atoms with Gasteiger partial charge in [0.15, 0.2) is 5.17 Å². The van der Waals surface area contributed by atoms with E-state index in [0.717, 1.165) is 11.8 Å². The molecule has 0 radical (unpaired) electrons. The molecule has 2 aliphatic rings. The molecule has 4 rings (SSSR count). The van der Waals surface area contributed by atoms with Crippen LogP contribution < -0.4 is 5.73 Å². The number of nitro groups is 1. The molecule has 0 spiro atoms. The fraction of sp³-hybridized carbons (Fsp3) is 0.227. The summed E-state index contributed by atoms with van der Waals surface area (Å²) in [5.41, 5.74) is 6.80. The lowest BCUT2D eigenvalue weighted by atomic mass is 9.99. The summed E-state index contributed by atoms with van der Waals surface area (Å²) in [6, 6.07) is 8.54. The Kier molecular flexibility index (Phi) is 6.12. The SMILES string of the molecule is CC1=C(C(=O)OC(C)C)[C@@H](c2ccc(-c3ccc(Cl)cc3[N+](=O)[O-])o2)N2C(=N1)SC(C#N)=C2N. The number of fused-ring (bicyclic) bond motifs is 1. The lowest BCUT2D eigenvalue weighted by Crippen LogP contribution is -2.38. The third-order valence-electron chi connectivity index (χ3n) is 5.06. The minimum Gasteiger partial charge on any atom is -0.459 e. The smallest absolute Gasteiger partial charge is 0.338 e. The molecule has 0 unspecified atom stereocenters. The molecule has 34 heavy (non-hydrogen) atoms. The molecule has 1 aromatic carbocycles. The Morgan fingerprint density at radius 2 is 2.15 bits per heavy atom. The summed E-state index contributed by atoms with van der Waals surface area (Å²) in [4.78, 5) is 30.3. The monoisotopic (exact) mass is 499 g/mol. The number of halogens is 1. The van der Waals surface area contributed by atoms with E-state index in [1.807, 2.05) is 6.07 Å². The molecular formula is C22H18ClN5O5S. The second-order valence-corrected chi connectivity index (χ2v) is 9.08. The molecule has 0 fully saturated rings. The topological polar surface area (TPSA) is 148 Å². The number of allylic oxidation sites excluding steroid dienone is 2. The van der Waals surface area contributed by atoms with Gasteiger partial charge in [-0.2, -0.15) is 5.26 Å². The number of benzene rings is 1. The first-order chi connectivity index (χ1) is 16.1. The van der Waals surface area contributed by atoms with E-state index in [2.05, 4.69) is 4.99 Å². The van der Waals surface area contributed by atoms with Crippen LogP contribution in [-0.4, -0.2) is 27.1 Å². The number of esters is 1. The van der Waals surface area contributed by atoms with Gasteiger partial charge in [0.1, 0.15) is 34.4 Å². The van der Waals surface area contributed by atoms with Gasteiger partial charge < -0.3 is 14.9 Å². The molecule has 0 aliphatic carbocycles. The van der Waals surface area contributed by atoms with Gasteiger partial charge in [0.05, 0.1) is 27.9 Å². The van der Waals surface area contributed by atoms with Crippen LogP contribution in [0.3, 0.4) is 0 Å². The molecule has 0 saturated carbocycles. The first-order valence-corrected chi connectivity index (χ1v) is 11.2. The molecule has 2 aliphatic heterocycles. The Bertz CT molecular complexity index is 1350. The van der Waals surface area contributed by atoms with Crippen LogP contribution in [-0.2, 0) is 9.53 Å². The number of thioether (sulfide) groups is 1. The van der Waals surface area contributed by atoms with Crippen LogP contribution in [0.2, 0.25) is 5.02 Å². The van der Waals surface area contributed by atoms with Crippen molar-refractivity contribution in [1.82, 2.24) is 4.90 Å². The van der Waals surface area contributed by atoms with Crippen molar-refractivity contribution in [2.45, 2.75) is 32.9 Å². The minimum atomic E-state index is -0.891. The highest BCUT2D eigenvalue weighted by Crippen LogP contribution is 2.46. The van der Waals surface area contributed by atoms with Gasteiger partial charge in [-0.3, -0.25) is 15.0 Å². The van der Waals surface area contributed by atoms with Crippen molar-refractivity contribution in [3.8, 4) is 17.4 Å². The van der Waals surface area contributed by atoms with Crippen molar-refractivity contribution in [3.63, 3.8) is 0 Å². The zero-order valence-electron chi connectivity index (χ0n) is 18.2. The molecule has 1 atom stereocenters. The lowest BCUT2D eigenvalue weighted by molar-refractivity contribution is -0.384. The van der Waals surface area contributed by atoms with Crippen LogP contribution in [0.25, 0.3) is 11.3 Å². The van der Waals surface area contributed by atoms with E-state index in [1.54, 1.807) is 32.9 Å². The Morgan fingerprint density at radius 3 is 2.79 bits per heavy atom. The summed E-state index contributed by atoms with van der Waals surface area (Å²) in [6.07, 6.45) is -0.391. The van der Waals surface area contributed by atoms with Gasteiger partial charge in [0.25, 0.3) is 5.69 Å². The second kappa shape index (κ2) is 8.89. The van der Waals surface area contributed by atoms with Crippen molar-refractivity contribution in [1.29, 1.82) is 5.26 Å². The molecule has 0 amide bonds. The number of nitrogens with zero attached hydrogens (tertiary/aromatic N) is 4. The first-order valence-electron chi connectivity index (χ1n) is 10.0. The third-order valence-corrected chi connectivity index (χ3v) is 6.27. The van der Waals surface area contributed by atoms with E-state index in [1.165, 1.54) is 23.1 Å². The average molecular weight is 500 g/mol. The maximum Gasteiger partial charge on any atom is 0.338 e. The van der Waals surface area contributed by atoms with Crippen LogP contribution >= 0.6 is 23.4 Å². The molecule has 10 nitrogen and oxygen atoms in total. The molecule has 0 saturated heterocycles. The standard InChI is InChI=1S/C22H18ClN5O5S/c1-10(2)32-21(29)18-11(3)26-22-27(20(25)17(9-24)34-22)19(18)16-7-6-15(33-16)13-5-4-12(23)8-14(13)28(30)31/h4-8,10,19H,25H2,1-3H3/t19-/m1/s1. The second-order valence-electron chi connectivity index (χ2n) is 7.67. The number of hydrogen-bond acceptors (Lipinski definition) is 10. The van der Waals surface area contributed by atoms with Gasteiger partial charge in [0.2, 0.25) is 0 Å². The number of carbonyl (C=O) groups excluding carboxylic acids is 1. The molecule has 174 valence electrons. The molecule has 0 bridgehead atoms. The number of nitro benzene ring substituents is 1. The Labute approximate surface area is 203 Å². The zero-order chi connectivity index (χ0) is 24.7. The summed E-state index contributed by atoms with van der Waals surface area (Å²) < 4.78 is 11.5. The zero-order valence-corrected chi connectivity index (χ0v) is 19.8. The largest absolute Gasteiger partial charge is 0.459 e. The van der Waals surface area contributed by atoms with Crippen molar-refractivity contribution in [2.75, 3.05) is 0 Å². The van der Waals surface area contributed by atoms with Gasteiger partial charge in [-0.1, -0.05) is 11.6 Å². The first kappa shape index (κ1) is 23.4. The Hall–Kier alpha value is -3.75. The third kappa shape index (κ3) is 4.02. The van der Waals surface area contributed by atoms with E-state index in [0.29, 0.717) is 10.9 Å². The van der Waals surface area contributed by atoms with Gasteiger partial charge >= 0.3 is 5.97 Å². The molecule has 12 heteroatoms. The van der Waals surface area contributed by atoms with E-state index >= 15 is 0 Å². The summed E-state index contributed by atoms with van der Waals surface area (Å²) in [7, 11) is 0. The predicted octanol–water partition coefficient (Wildman–Crippen LogP) is 4.84. The quantitative estimate of drug-likeness (QED) is 0.346. The Balaban J connectivity index is 1.86. The molecule has 2 aromatic rings. The van der Waals surface area contributed by atoms with E-state index in [4.69, 9.17) is 26.5 Å². The van der Waals surface area contributed by atoms with E-state index in [9.17, 15) is 20.2 Å². The number of nitrogens with two attached hydrogens (primary N) is 1. The molecule has 1 aromatic heterocycles. The van der Waals surface area contributed by atoms with Crippen LogP contribution in [0.15, 0.2) is 61.7 Å². The van der Waals surface area contributed by atoms with Crippen molar-refractivity contribution >= 4 is 40.2 Å². The summed E-state index contributed by atoms with van der Waals surface area (Å²) in [5, 5.41) is 21.6. The number of aliphatic imine (C=N–C) groups is 1. The van der Waals surface area contributed by atoms with E-state index < -0.39 is 23.0 Å². The molecule has 3 heterocycles. The minimum absolute atomic E-state index is 0.119. The van der Waals surface area contributed by atoms with Crippen LogP contribution in [0, 0.1) is 21.4 Å². The van der Waals surface area contributed by atoms with E-state index in [-0.39, 0.29) is 44.1 Å². The van der Waals surface area contributed by atoms with Crippen LogP contribution in [0.4, 0.5) is 5.69 Å². The maximum atomic E-state index is 13.1. The number of carbonyl (C=O) groups is 1. The highest BCUT2D eigenvalue weighted by Gasteiger charge is 2.44. The number of ether oxygens (including phenoxy) is 1. The maximum absolute atomic E-state index is 13.1. The summed E-state index contributed by atoms with van der Waals surface area (Å²) >= 11 is 7.01. The molecular weight excluding hydrogens is 482 g/mol.